The second-order valence-corrected chi connectivity index (χ2v) is 5.55. The molecule has 0 aliphatic carbocycles. The van der Waals surface area contributed by atoms with E-state index >= 15 is 0 Å². The molecule has 0 aromatic heterocycles. The molecule has 118 valence electrons. The first-order valence-electron chi connectivity index (χ1n) is 7.14. The van der Waals surface area contributed by atoms with Gasteiger partial charge in [-0.05, 0) is 24.1 Å². The number of carbonyl (C=O) groups is 3. The lowest BCUT2D eigenvalue weighted by Gasteiger charge is -2.13. The Morgan fingerprint density at radius 2 is 2.00 bits per heavy atom. The zero-order chi connectivity index (χ0) is 16.1. The summed E-state index contributed by atoms with van der Waals surface area (Å²) in [7, 11) is 0. The van der Waals surface area contributed by atoms with Crippen LogP contribution in [0, 0.1) is 0 Å². The molecule has 1 aromatic rings. The van der Waals surface area contributed by atoms with Gasteiger partial charge in [0, 0.05) is 11.6 Å². The third kappa shape index (κ3) is 3.98. The van der Waals surface area contributed by atoms with E-state index in [1.54, 1.807) is 24.3 Å². The number of imide groups is 1. The minimum Gasteiger partial charge on any atom is -0.350 e. The maximum atomic E-state index is 12.0. The van der Waals surface area contributed by atoms with Gasteiger partial charge in [-0.25, -0.2) is 4.79 Å². The lowest BCUT2D eigenvalue weighted by Crippen LogP contribution is -2.41. The lowest BCUT2D eigenvalue weighted by molar-refractivity contribution is -0.132. The SMILES string of the molecule is CCCC1NC(=O)N(CC(=O)NCc2ccc(Cl)cc2)C1=O. The van der Waals surface area contributed by atoms with Crippen LogP contribution in [0.1, 0.15) is 25.3 Å². The maximum absolute atomic E-state index is 12.0. The van der Waals surface area contributed by atoms with Crippen molar-refractivity contribution >= 4 is 29.4 Å². The minimum absolute atomic E-state index is 0.265. The van der Waals surface area contributed by atoms with Crippen LogP contribution in [0.5, 0.6) is 0 Å². The van der Waals surface area contributed by atoms with Crippen LogP contribution in [-0.4, -0.2) is 35.3 Å². The Morgan fingerprint density at radius 1 is 1.32 bits per heavy atom. The highest BCUT2D eigenvalue weighted by molar-refractivity contribution is 6.30. The van der Waals surface area contributed by atoms with Gasteiger partial charge in [-0.1, -0.05) is 37.1 Å². The quantitative estimate of drug-likeness (QED) is 0.782. The largest absolute Gasteiger partial charge is 0.350 e. The molecule has 2 rings (SSSR count). The summed E-state index contributed by atoms with van der Waals surface area (Å²) in [5.74, 6) is -0.718. The van der Waals surface area contributed by atoms with Crippen molar-refractivity contribution in [1.82, 2.24) is 15.5 Å². The summed E-state index contributed by atoms with van der Waals surface area (Å²) >= 11 is 5.78. The Morgan fingerprint density at radius 3 is 2.64 bits per heavy atom. The Kier molecular flexibility index (Phi) is 5.38. The molecule has 1 aliphatic rings. The van der Waals surface area contributed by atoms with Crippen LogP contribution in [-0.2, 0) is 16.1 Å². The van der Waals surface area contributed by atoms with Gasteiger partial charge in [-0.3, -0.25) is 14.5 Å². The monoisotopic (exact) mass is 323 g/mol. The predicted octanol–water partition coefficient (Wildman–Crippen LogP) is 1.68. The fourth-order valence-corrected chi connectivity index (χ4v) is 2.34. The van der Waals surface area contributed by atoms with Crippen molar-refractivity contribution in [3.05, 3.63) is 34.9 Å². The van der Waals surface area contributed by atoms with E-state index in [0.29, 0.717) is 18.0 Å². The van der Waals surface area contributed by atoms with E-state index in [1.807, 2.05) is 6.92 Å². The normalized spacial score (nSPS) is 17.5. The zero-order valence-electron chi connectivity index (χ0n) is 12.3. The number of nitrogens with zero attached hydrogens (tertiary/aromatic N) is 1. The zero-order valence-corrected chi connectivity index (χ0v) is 13.0. The minimum atomic E-state index is -0.512. The summed E-state index contributed by atoms with van der Waals surface area (Å²) in [6.07, 6.45) is 1.36. The highest BCUT2D eigenvalue weighted by Gasteiger charge is 2.38. The number of hydrogen-bond acceptors (Lipinski definition) is 3. The van der Waals surface area contributed by atoms with E-state index in [4.69, 9.17) is 11.6 Å². The number of urea groups is 1. The molecule has 7 heteroatoms. The molecular formula is C15H18ClN3O3. The van der Waals surface area contributed by atoms with Crippen molar-refractivity contribution in [2.75, 3.05) is 6.54 Å². The molecule has 1 unspecified atom stereocenters. The molecule has 1 heterocycles. The van der Waals surface area contributed by atoms with Gasteiger partial charge in [0.25, 0.3) is 5.91 Å². The fourth-order valence-electron chi connectivity index (χ4n) is 2.21. The smallest absolute Gasteiger partial charge is 0.325 e. The fraction of sp³-hybridized carbons (Fsp3) is 0.400. The number of carbonyl (C=O) groups excluding carboxylic acids is 3. The van der Waals surface area contributed by atoms with E-state index < -0.39 is 12.1 Å². The topological polar surface area (TPSA) is 78.5 Å². The van der Waals surface area contributed by atoms with Gasteiger partial charge in [0.05, 0.1) is 0 Å². The Hall–Kier alpha value is -2.08. The highest BCUT2D eigenvalue weighted by Crippen LogP contribution is 2.11. The van der Waals surface area contributed by atoms with E-state index in [0.717, 1.165) is 16.9 Å². The van der Waals surface area contributed by atoms with Crippen LogP contribution in [0.4, 0.5) is 4.79 Å². The van der Waals surface area contributed by atoms with Crippen molar-refractivity contribution < 1.29 is 14.4 Å². The number of halogens is 1. The molecule has 0 bridgehead atoms. The summed E-state index contributed by atoms with van der Waals surface area (Å²) in [6, 6.07) is 6.04. The number of nitrogens with one attached hydrogen (secondary N) is 2. The van der Waals surface area contributed by atoms with Crippen molar-refractivity contribution in [1.29, 1.82) is 0 Å². The number of benzene rings is 1. The molecule has 6 nitrogen and oxygen atoms in total. The summed E-state index contributed by atoms with van der Waals surface area (Å²) in [4.78, 5) is 36.6. The van der Waals surface area contributed by atoms with Crippen LogP contribution in [0.3, 0.4) is 0 Å². The van der Waals surface area contributed by atoms with Gasteiger partial charge >= 0.3 is 6.03 Å². The number of rotatable bonds is 6. The van der Waals surface area contributed by atoms with Crippen LogP contribution in [0.25, 0.3) is 0 Å². The van der Waals surface area contributed by atoms with Crippen molar-refractivity contribution in [2.24, 2.45) is 0 Å². The molecule has 1 atom stereocenters. The molecule has 1 aliphatic heterocycles. The molecule has 1 saturated heterocycles. The average Bonchev–Trinajstić information content (AvgIpc) is 2.75. The highest BCUT2D eigenvalue weighted by atomic mass is 35.5. The van der Waals surface area contributed by atoms with Gasteiger partial charge in [0.15, 0.2) is 0 Å². The Labute approximate surface area is 133 Å². The third-order valence-corrected chi connectivity index (χ3v) is 3.64. The van der Waals surface area contributed by atoms with Crippen LogP contribution >= 0.6 is 11.6 Å². The summed E-state index contributed by atoms with van der Waals surface area (Å²) in [6.45, 7) is 1.98. The Balaban J connectivity index is 1.85. The summed E-state index contributed by atoms with van der Waals surface area (Å²) < 4.78 is 0. The van der Waals surface area contributed by atoms with E-state index in [1.165, 1.54) is 0 Å². The molecule has 0 saturated carbocycles. The van der Waals surface area contributed by atoms with Gasteiger partial charge in [-0.2, -0.15) is 0 Å². The van der Waals surface area contributed by atoms with Crippen LogP contribution < -0.4 is 10.6 Å². The number of hydrogen-bond donors (Lipinski definition) is 2. The molecule has 1 fully saturated rings. The van der Waals surface area contributed by atoms with Gasteiger partial charge in [0.2, 0.25) is 5.91 Å². The van der Waals surface area contributed by atoms with Crippen LogP contribution in [0.15, 0.2) is 24.3 Å². The van der Waals surface area contributed by atoms with E-state index in [9.17, 15) is 14.4 Å². The van der Waals surface area contributed by atoms with E-state index in [2.05, 4.69) is 10.6 Å². The molecule has 0 radical (unpaired) electrons. The molecule has 22 heavy (non-hydrogen) atoms. The molecular weight excluding hydrogens is 306 g/mol. The van der Waals surface area contributed by atoms with Crippen LogP contribution in [0.2, 0.25) is 5.02 Å². The molecule has 0 spiro atoms. The predicted molar refractivity (Wildman–Crippen MR) is 82.2 cm³/mol. The maximum Gasteiger partial charge on any atom is 0.325 e. The molecule has 2 N–H and O–H groups in total. The molecule has 1 aromatic carbocycles. The summed E-state index contributed by atoms with van der Waals surface area (Å²) in [5, 5.41) is 5.88. The first kappa shape index (κ1) is 16.3. The lowest BCUT2D eigenvalue weighted by atomic mass is 10.2. The second kappa shape index (κ2) is 7.26. The average molecular weight is 324 g/mol. The van der Waals surface area contributed by atoms with Gasteiger partial charge in [-0.15, -0.1) is 0 Å². The molecule has 4 amide bonds. The van der Waals surface area contributed by atoms with Gasteiger partial charge < -0.3 is 10.6 Å². The first-order valence-corrected chi connectivity index (χ1v) is 7.52. The third-order valence-electron chi connectivity index (χ3n) is 3.39. The van der Waals surface area contributed by atoms with Crippen molar-refractivity contribution in [2.45, 2.75) is 32.4 Å². The Bertz CT molecular complexity index is 574. The first-order chi connectivity index (χ1) is 10.5. The van der Waals surface area contributed by atoms with Gasteiger partial charge in [0.1, 0.15) is 12.6 Å². The van der Waals surface area contributed by atoms with Crippen molar-refractivity contribution in [3.63, 3.8) is 0 Å². The van der Waals surface area contributed by atoms with E-state index in [-0.39, 0.29) is 18.4 Å². The number of amides is 4. The van der Waals surface area contributed by atoms with Crippen molar-refractivity contribution in [3.8, 4) is 0 Å². The standard InChI is InChI=1S/C15H18ClN3O3/c1-2-3-12-14(21)19(15(22)18-12)9-13(20)17-8-10-4-6-11(16)7-5-10/h4-7,12H,2-3,8-9H2,1H3,(H,17,20)(H,18,22). The summed E-state index contributed by atoms with van der Waals surface area (Å²) in [5.41, 5.74) is 0.888. The second-order valence-electron chi connectivity index (χ2n) is 5.12.